The lowest BCUT2D eigenvalue weighted by Gasteiger charge is -2.09. The summed E-state index contributed by atoms with van der Waals surface area (Å²) in [5.41, 5.74) is 4.02. The zero-order valence-electron chi connectivity index (χ0n) is 14.4. The molecule has 6 nitrogen and oxygen atoms in total. The highest BCUT2D eigenvalue weighted by molar-refractivity contribution is 7.89. The van der Waals surface area contributed by atoms with Crippen LogP contribution in [0.4, 0.5) is 0 Å². The molecular weight excluding hydrogens is 336 g/mol. The molecule has 0 amide bonds. The Morgan fingerprint density at radius 2 is 1.92 bits per heavy atom. The van der Waals surface area contributed by atoms with E-state index < -0.39 is 10.0 Å². The van der Waals surface area contributed by atoms with E-state index in [0.29, 0.717) is 10.6 Å². The van der Waals surface area contributed by atoms with E-state index in [9.17, 15) is 8.42 Å². The highest BCUT2D eigenvalue weighted by Crippen LogP contribution is 2.19. The predicted octanol–water partition coefficient (Wildman–Crippen LogP) is 2.58. The first-order valence-electron chi connectivity index (χ1n) is 7.88. The molecule has 0 atom stereocenters. The van der Waals surface area contributed by atoms with E-state index in [1.807, 2.05) is 44.3 Å². The minimum absolute atomic E-state index is 0.121. The fraction of sp³-hybridized carbons (Fsp3) is 0.222. The number of sulfonamides is 1. The maximum Gasteiger partial charge on any atom is 0.241 e. The van der Waals surface area contributed by atoms with Crippen LogP contribution in [0.3, 0.4) is 0 Å². The molecule has 130 valence electrons. The lowest BCUT2D eigenvalue weighted by Crippen LogP contribution is -2.24. The Kier molecular flexibility index (Phi) is 4.69. The Morgan fingerprint density at radius 3 is 2.60 bits per heavy atom. The summed E-state index contributed by atoms with van der Waals surface area (Å²) in [5.74, 6) is 0. The Hall–Kier alpha value is -2.51. The van der Waals surface area contributed by atoms with Gasteiger partial charge in [-0.2, -0.15) is 5.10 Å². The van der Waals surface area contributed by atoms with Gasteiger partial charge in [-0.15, -0.1) is 0 Å². The van der Waals surface area contributed by atoms with Crippen LogP contribution >= 0.6 is 0 Å². The number of benzene rings is 1. The minimum Gasteiger partial charge on any atom is -0.266 e. The molecule has 0 aliphatic carbocycles. The van der Waals surface area contributed by atoms with Crippen molar-refractivity contribution in [1.82, 2.24) is 19.5 Å². The van der Waals surface area contributed by atoms with Gasteiger partial charge in [0.1, 0.15) is 0 Å². The molecule has 0 saturated carbocycles. The van der Waals surface area contributed by atoms with Gasteiger partial charge in [0.25, 0.3) is 0 Å². The van der Waals surface area contributed by atoms with E-state index in [0.717, 1.165) is 22.5 Å². The van der Waals surface area contributed by atoms with E-state index >= 15 is 0 Å². The monoisotopic (exact) mass is 356 g/mol. The van der Waals surface area contributed by atoms with E-state index in [-0.39, 0.29) is 6.54 Å². The zero-order valence-corrected chi connectivity index (χ0v) is 15.2. The average molecular weight is 356 g/mol. The van der Waals surface area contributed by atoms with Crippen LogP contribution in [-0.4, -0.2) is 23.2 Å². The molecule has 2 heterocycles. The first-order valence-corrected chi connectivity index (χ1v) is 9.36. The molecule has 7 heteroatoms. The summed E-state index contributed by atoms with van der Waals surface area (Å²) in [6.07, 6.45) is 1.71. The van der Waals surface area contributed by atoms with Crippen molar-refractivity contribution in [2.75, 3.05) is 0 Å². The number of hydrogen-bond acceptors (Lipinski definition) is 4. The molecule has 3 aromatic rings. The summed E-state index contributed by atoms with van der Waals surface area (Å²) in [6.45, 7) is 3.85. The third kappa shape index (κ3) is 3.78. The summed E-state index contributed by atoms with van der Waals surface area (Å²) >= 11 is 0. The molecule has 2 aromatic heterocycles. The van der Waals surface area contributed by atoms with Gasteiger partial charge in [-0.25, -0.2) is 13.1 Å². The van der Waals surface area contributed by atoms with Gasteiger partial charge in [0.2, 0.25) is 10.0 Å². The number of rotatable bonds is 5. The van der Waals surface area contributed by atoms with Gasteiger partial charge in [-0.05, 0) is 43.7 Å². The zero-order chi connectivity index (χ0) is 18.0. The van der Waals surface area contributed by atoms with Crippen molar-refractivity contribution >= 4 is 10.0 Å². The smallest absolute Gasteiger partial charge is 0.241 e. The van der Waals surface area contributed by atoms with E-state index in [4.69, 9.17) is 0 Å². The standard InChI is InChI=1S/C18H20N4O2S/c1-13-7-8-18(14(2)10-13)25(23,24)20-12-15-11-17(22(3)21-15)16-6-4-5-9-19-16/h4-11,20H,12H2,1-3H3. The topological polar surface area (TPSA) is 76.9 Å². The third-order valence-corrected chi connectivity index (χ3v) is 5.48. The van der Waals surface area contributed by atoms with Crippen molar-refractivity contribution in [3.63, 3.8) is 0 Å². The summed E-state index contributed by atoms with van der Waals surface area (Å²) in [5, 5.41) is 4.37. The quantitative estimate of drug-likeness (QED) is 0.762. The van der Waals surface area contributed by atoms with Gasteiger partial charge in [-0.1, -0.05) is 23.8 Å². The van der Waals surface area contributed by atoms with Gasteiger partial charge in [0.15, 0.2) is 0 Å². The Labute approximate surface area is 147 Å². The molecule has 0 unspecified atom stereocenters. The van der Waals surface area contributed by atoms with Crippen LogP contribution in [0, 0.1) is 13.8 Å². The van der Waals surface area contributed by atoms with E-state index in [1.165, 1.54) is 0 Å². The van der Waals surface area contributed by atoms with Gasteiger partial charge in [-0.3, -0.25) is 9.67 Å². The van der Waals surface area contributed by atoms with Crippen molar-refractivity contribution in [2.45, 2.75) is 25.3 Å². The third-order valence-electron chi connectivity index (χ3n) is 3.92. The number of pyridine rings is 1. The van der Waals surface area contributed by atoms with Gasteiger partial charge < -0.3 is 0 Å². The van der Waals surface area contributed by atoms with Crippen LogP contribution in [-0.2, 0) is 23.6 Å². The highest BCUT2D eigenvalue weighted by atomic mass is 32.2. The SMILES string of the molecule is Cc1ccc(S(=O)(=O)NCc2cc(-c3ccccn3)n(C)n2)c(C)c1. The summed E-state index contributed by atoms with van der Waals surface area (Å²) < 4.78 is 29.4. The molecule has 3 rings (SSSR count). The fourth-order valence-electron chi connectivity index (χ4n) is 2.71. The normalized spacial score (nSPS) is 11.6. The Bertz CT molecular complexity index is 995. The molecule has 1 N–H and O–H groups in total. The summed E-state index contributed by atoms with van der Waals surface area (Å²) in [7, 11) is -1.78. The van der Waals surface area contributed by atoms with Crippen molar-refractivity contribution in [2.24, 2.45) is 7.05 Å². The summed E-state index contributed by atoms with van der Waals surface area (Å²) in [6, 6.07) is 12.8. The number of aryl methyl sites for hydroxylation is 3. The van der Waals surface area contributed by atoms with Crippen LogP contribution in [0.2, 0.25) is 0 Å². The fourth-order valence-corrected chi connectivity index (χ4v) is 3.94. The molecule has 0 aliphatic heterocycles. The Balaban J connectivity index is 1.80. The molecule has 0 fully saturated rings. The number of aromatic nitrogens is 3. The summed E-state index contributed by atoms with van der Waals surface area (Å²) in [4.78, 5) is 4.59. The van der Waals surface area contributed by atoms with E-state index in [1.54, 1.807) is 29.9 Å². The van der Waals surface area contributed by atoms with Crippen molar-refractivity contribution in [3.8, 4) is 11.4 Å². The average Bonchev–Trinajstić information content (AvgIpc) is 2.94. The molecule has 0 aliphatic rings. The lowest BCUT2D eigenvalue weighted by atomic mass is 10.2. The van der Waals surface area contributed by atoms with Gasteiger partial charge in [0, 0.05) is 13.2 Å². The van der Waals surface area contributed by atoms with Crippen LogP contribution in [0.25, 0.3) is 11.4 Å². The van der Waals surface area contributed by atoms with Crippen molar-refractivity contribution < 1.29 is 8.42 Å². The van der Waals surface area contributed by atoms with Crippen LogP contribution in [0.1, 0.15) is 16.8 Å². The highest BCUT2D eigenvalue weighted by Gasteiger charge is 2.17. The predicted molar refractivity (Wildman–Crippen MR) is 96.4 cm³/mol. The van der Waals surface area contributed by atoms with Crippen LogP contribution in [0.5, 0.6) is 0 Å². The molecule has 0 saturated heterocycles. The molecular formula is C18H20N4O2S. The number of nitrogens with zero attached hydrogens (tertiary/aromatic N) is 3. The van der Waals surface area contributed by atoms with Gasteiger partial charge >= 0.3 is 0 Å². The minimum atomic E-state index is -3.59. The molecule has 0 radical (unpaired) electrons. The molecule has 1 aromatic carbocycles. The Morgan fingerprint density at radius 1 is 1.12 bits per heavy atom. The van der Waals surface area contributed by atoms with Crippen molar-refractivity contribution in [1.29, 1.82) is 0 Å². The molecule has 25 heavy (non-hydrogen) atoms. The maximum atomic E-state index is 12.5. The first-order chi connectivity index (χ1) is 11.9. The number of nitrogens with one attached hydrogen (secondary N) is 1. The second-order valence-electron chi connectivity index (χ2n) is 5.95. The maximum absolute atomic E-state index is 12.5. The molecule has 0 spiro atoms. The first kappa shape index (κ1) is 17.3. The molecule has 0 bridgehead atoms. The van der Waals surface area contributed by atoms with Crippen molar-refractivity contribution in [3.05, 3.63) is 65.5 Å². The lowest BCUT2D eigenvalue weighted by molar-refractivity contribution is 0.579. The van der Waals surface area contributed by atoms with Crippen LogP contribution in [0.15, 0.2) is 53.6 Å². The largest absolute Gasteiger partial charge is 0.266 e. The van der Waals surface area contributed by atoms with Crippen LogP contribution < -0.4 is 4.72 Å². The second kappa shape index (κ2) is 6.78. The van der Waals surface area contributed by atoms with Gasteiger partial charge in [0.05, 0.1) is 28.5 Å². The number of hydrogen-bond donors (Lipinski definition) is 1. The second-order valence-corrected chi connectivity index (χ2v) is 7.69. The van der Waals surface area contributed by atoms with E-state index in [2.05, 4.69) is 14.8 Å².